The van der Waals surface area contributed by atoms with Crippen LogP contribution in [-0.4, -0.2) is 22.1 Å². The van der Waals surface area contributed by atoms with E-state index in [1.807, 2.05) is 55.5 Å². The number of methoxy groups -OCH3 is 1. The van der Waals surface area contributed by atoms with Gasteiger partial charge in [0.2, 0.25) is 5.95 Å². The number of aromatic nitrogens is 3. The number of pyridine rings is 1. The molecule has 6 heteroatoms. The van der Waals surface area contributed by atoms with Gasteiger partial charge < -0.3 is 15.4 Å². The number of nitrogens with zero attached hydrogens (tertiary/aromatic N) is 3. The van der Waals surface area contributed by atoms with Crippen LogP contribution in [0.25, 0.3) is 0 Å². The first-order valence-electron chi connectivity index (χ1n) is 7.64. The van der Waals surface area contributed by atoms with E-state index in [-0.39, 0.29) is 0 Å². The summed E-state index contributed by atoms with van der Waals surface area (Å²) in [6.07, 6.45) is 1.77. The van der Waals surface area contributed by atoms with Crippen LogP contribution >= 0.6 is 0 Å². The summed E-state index contributed by atoms with van der Waals surface area (Å²) in [5.74, 6) is 2.02. The molecule has 0 aliphatic carbocycles. The molecule has 0 radical (unpaired) electrons. The van der Waals surface area contributed by atoms with Crippen molar-refractivity contribution in [3.63, 3.8) is 0 Å². The number of nitrogens with one attached hydrogen (secondary N) is 2. The molecule has 0 aliphatic heterocycles. The Kier molecular flexibility index (Phi) is 4.86. The molecule has 0 atom stereocenters. The van der Waals surface area contributed by atoms with Crippen LogP contribution in [0.4, 0.5) is 17.5 Å². The van der Waals surface area contributed by atoms with Gasteiger partial charge in [-0.15, -0.1) is 0 Å². The van der Waals surface area contributed by atoms with E-state index >= 15 is 0 Å². The van der Waals surface area contributed by atoms with Crippen LogP contribution in [-0.2, 0) is 6.54 Å². The summed E-state index contributed by atoms with van der Waals surface area (Å²) in [4.78, 5) is 13.2. The second kappa shape index (κ2) is 7.41. The summed E-state index contributed by atoms with van der Waals surface area (Å²) < 4.78 is 5.35. The Morgan fingerprint density at radius 3 is 2.67 bits per heavy atom. The van der Waals surface area contributed by atoms with Crippen molar-refractivity contribution in [3.8, 4) is 5.75 Å². The fourth-order valence-corrected chi connectivity index (χ4v) is 2.27. The molecule has 3 rings (SSSR count). The molecule has 0 amide bonds. The lowest BCUT2D eigenvalue weighted by Crippen LogP contribution is -2.07. The van der Waals surface area contributed by atoms with Crippen LogP contribution < -0.4 is 15.4 Å². The molecule has 2 heterocycles. The summed E-state index contributed by atoms with van der Waals surface area (Å²) >= 11 is 0. The molecular formula is C18H19N5O. The Labute approximate surface area is 141 Å². The number of anilines is 3. The lowest BCUT2D eigenvalue weighted by atomic mass is 10.3. The third-order valence-corrected chi connectivity index (χ3v) is 3.38. The Hall–Kier alpha value is -3.15. The van der Waals surface area contributed by atoms with E-state index in [2.05, 4.69) is 25.6 Å². The molecule has 1 aromatic carbocycles. The molecule has 0 saturated carbocycles. The van der Waals surface area contributed by atoms with Crippen molar-refractivity contribution in [3.05, 3.63) is 66.1 Å². The van der Waals surface area contributed by atoms with Gasteiger partial charge in [-0.05, 0) is 31.2 Å². The lowest BCUT2D eigenvalue weighted by molar-refractivity contribution is 0.417. The first-order valence-corrected chi connectivity index (χ1v) is 7.64. The van der Waals surface area contributed by atoms with Crippen LogP contribution in [0.2, 0.25) is 0 Å². The molecule has 122 valence electrons. The zero-order chi connectivity index (χ0) is 16.8. The molecule has 0 saturated heterocycles. The number of rotatable bonds is 6. The van der Waals surface area contributed by atoms with Crippen LogP contribution in [0.1, 0.15) is 11.4 Å². The van der Waals surface area contributed by atoms with E-state index in [0.717, 1.165) is 22.8 Å². The maximum absolute atomic E-state index is 5.35. The van der Waals surface area contributed by atoms with E-state index in [1.54, 1.807) is 13.3 Å². The maximum atomic E-state index is 5.35. The molecule has 2 aromatic heterocycles. The molecule has 0 fully saturated rings. The van der Waals surface area contributed by atoms with Gasteiger partial charge in [0.05, 0.1) is 25.0 Å². The van der Waals surface area contributed by atoms with Crippen molar-refractivity contribution in [1.82, 2.24) is 15.0 Å². The number of hydrogen-bond acceptors (Lipinski definition) is 6. The first-order chi connectivity index (χ1) is 11.7. The van der Waals surface area contributed by atoms with Crippen molar-refractivity contribution in [2.45, 2.75) is 13.5 Å². The first kappa shape index (κ1) is 15.7. The van der Waals surface area contributed by atoms with Gasteiger partial charge >= 0.3 is 0 Å². The van der Waals surface area contributed by atoms with E-state index in [1.165, 1.54) is 0 Å². The van der Waals surface area contributed by atoms with Gasteiger partial charge in [-0.2, -0.15) is 4.98 Å². The SMILES string of the molecule is COc1ccccc1Nc1cc(C)nc(NCc2ccccn2)n1. The van der Waals surface area contributed by atoms with Gasteiger partial charge in [0.25, 0.3) is 0 Å². The zero-order valence-electron chi connectivity index (χ0n) is 13.7. The summed E-state index contributed by atoms with van der Waals surface area (Å²) in [7, 11) is 1.64. The van der Waals surface area contributed by atoms with Crippen LogP contribution in [0, 0.1) is 6.92 Å². The van der Waals surface area contributed by atoms with Gasteiger partial charge in [0, 0.05) is 18.0 Å². The smallest absolute Gasteiger partial charge is 0.225 e. The van der Waals surface area contributed by atoms with E-state index in [0.29, 0.717) is 18.3 Å². The minimum Gasteiger partial charge on any atom is -0.495 e. The number of benzene rings is 1. The highest BCUT2D eigenvalue weighted by atomic mass is 16.5. The van der Waals surface area contributed by atoms with Crippen LogP contribution in [0.3, 0.4) is 0 Å². The van der Waals surface area contributed by atoms with Crippen molar-refractivity contribution < 1.29 is 4.74 Å². The Morgan fingerprint density at radius 2 is 1.88 bits per heavy atom. The average molecular weight is 321 g/mol. The Bertz CT molecular complexity index is 808. The van der Waals surface area contributed by atoms with E-state index in [4.69, 9.17) is 4.74 Å². The van der Waals surface area contributed by atoms with Crippen LogP contribution in [0.5, 0.6) is 5.75 Å². The number of aryl methyl sites for hydroxylation is 1. The van der Waals surface area contributed by atoms with Crippen molar-refractivity contribution in [2.24, 2.45) is 0 Å². The zero-order valence-corrected chi connectivity index (χ0v) is 13.7. The molecule has 0 aliphatic rings. The summed E-state index contributed by atoms with van der Waals surface area (Å²) in [6, 6.07) is 15.4. The van der Waals surface area contributed by atoms with E-state index < -0.39 is 0 Å². The highest BCUT2D eigenvalue weighted by molar-refractivity contribution is 5.64. The highest BCUT2D eigenvalue weighted by Gasteiger charge is 2.06. The monoisotopic (exact) mass is 321 g/mol. The summed E-state index contributed by atoms with van der Waals surface area (Å²) in [5, 5.41) is 6.47. The largest absolute Gasteiger partial charge is 0.495 e. The van der Waals surface area contributed by atoms with Crippen LogP contribution in [0.15, 0.2) is 54.7 Å². The number of ether oxygens (including phenoxy) is 1. The molecule has 0 spiro atoms. The second-order valence-corrected chi connectivity index (χ2v) is 5.22. The number of para-hydroxylation sites is 2. The van der Waals surface area contributed by atoms with E-state index in [9.17, 15) is 0 Å². The third kappa shape index (κ3) is 3.98. The normalized spacial score (nSPS) is 10.2. The van der Waals surface area contributed by atoms with Crippen molar-refractivity contribution in [1.29, 1.82) is 0 Å². The summed E-state index contributed by atoms with van der Waals surface area (Å²) in [5.41, 5.74) is 2.65. The van der Waals surface area contributed by atoms with Crippen molar-refractivity contribution >= 4 is 17.5 Å². The molecule has 3 aromatic rings. The Morgan fingerprint density at radius 1 is 1.04 bits per heavy atom. The van der Waals surface area contributed by atoms with Gasteiger partial charge in [-0.25, -0.2) is 4.98 Å². The molecule has 6 nitrogen and oxygen atoms in total. The second-order valence-electron chi connectivity index (χ2n) is 5.22. The molecule has 0 bridgehead atoms. The molecular weight excluding hydrogens is 302 g/mol. The standard InChI is InChI=1S/C18H19N5O/c1-13-11-17(22-15-8-3-4-9-16(15)24-2)23-18(21-13)20-12-14-7-5-6-10-19-14/h3-11H,12H2,1-2H3,(H2,20,21,22,23). The molecule has 24 heavy (non-hydrogen) atoms. The average Bonchev–Trinajstić information content (AvgIpc) is 2.61. The number of hydrogen-bond donors (Lipinski definition) is 2. The summed E-state index contributed by atoms with van der Waals surface area (Å²) in [6.45, 7) is 2.50. The van der Waals surface area contributed by atoms with Crippen molar-refractivity contribution in [2.75, 3.05) is 17.7 Å². The maximum Gasteiger partial charge on any atom is 0.225 e. The van der Waals surface area contributed by atoms with Gasteiger partial charge in [0.15, 0.2) is 0 Å². The quantitative estimate of drug-likeness (QED) is 0.723. The topological polar surface area (TPSA) is 72.0 Å². The van der Waals surface area contributed by atoms with Gasteiger partial charge in [-0.3, -0.25) is 4.98 Å². The minimum atomic E-state index is 0.554. The van der Waals surface area contributed by atoms with Gasteiger partial charge in [-0.1, -0.05) is 18.2 Å². The third-order valence-electron chi connectivity index (χ3n) is 3.38. The van der Waals surface area contributed by atoms with Gasteiger partial charge in [0.1, 0.15) is 11.6 Å². The minimum absolute atomic E-state index is 0.554. The molecule has 0 unspecified atom stereocenters. The lowest BCUT2D eigenvalue weighted by Gasteiger charge is -2.12. The fourth-order valence-electron chi connectivity index (χ4n) is 2.27. The predicted molar refractivity (Wildman–Crippen MR) is 94.6 cm³/mol. The fraction of sp³-hybridized carbons (Fsp3) is 0.167. The highest BCUT2D eigenvalue weighted by Crippen LogP contribution is 2.26. The molecule has 2 N–H and O–H groups in total. The Balaban J connectivity index is 1.76. The predicted octanol–water partition coefficient (Wildman–Crippen LogP) is 3.54.